The SMILES string of the molecule is O=C(N[C@H]1CCCCC/C=C\[C@@H]2C[C@@]2(C(=O)NS(=O)(=O)C2CC2)NC(=O)[C@@H]2C[C@@H](Oc3nc(-c4ccccc4)nc4c3OC3C=CC=CC43)CN2C1=O)OC1CCCC1. The maximum atomic E-state index is 14.7. The van der Waals surface area contributed by atoms with Crippen LogP contribution in [0.2, 0.25) is 0 Å². The summed E-state index contributed by atoms with van der Waals surface area (Å²) in [5.74, 6) is -1.52. The average Bonchev–Trinajstić information content (AvgIpc) is 4.04. The van der Waals surface area contributed by atoms with Crippen LogP contribution in [0.4, 0.5) is 4.79 Å². The number of nitrogens with zero attached hydrogens (tertiary/aromatic N) is 3. The smallest absolute Gasteiger partial charge is 0.408 e. The molecule has 3 saturated carbocycles. The first kappa shape index (κ1) is 39.2. The van der Waals surface area contributed by atoms with Gasteiger partial charge in [0.2, 0.25) is 27.6 Å². The Labute approximate surface area is 343 Å². The number of fused-ring (bicyclic) bond motifs is 5. The molecule has 4 heterocycles. The number of ether oxygens (including phenoxy) is 3. The highest BCUT2D eigenvalue weighted by molar-refractivity contribution is 7.91. The molecule has 3 N–H and O–H groups in total. The minimum Gasteiger partial charge on any atom is -0.478 e. The summed E-state index contributed by atoms with van der Waals surface area (Å²) in [5, 5.41) is 5.11. The van der Waals surface area contributed by atoms with Gasteiger partial charge in [-0.2, -0.15) is 4.98 Å². The number of benzene rings is 1. The Hall–Kier alpha value is -5.25. The third-order valence-electron chi connectivity index (χ3n) is 12.5. The fourth-order valence-corrected chi connectivity index (χ4v) is 10.4. The number of carbonyl (C=O) groups is 4. The predicted molar refractivity (Wildman–Crippen MR) is 214 cm³/mol. The Morgan fingerprint density at radius 2 is 1.69 bits per heavy atom. The first-order chi connectivity index (χ1) is 28.6. The zero-order chi connectivity index (χ0) is 40.7. The highest BCUT2D eigenvalue weighted by atomic mass is 32.2. The fourth-order valence-electron chi connectivity index (χ4n) is 9.00. The minimum atomic E-state index is -3.91. The number of aromatic nitrogens is 2. The molecule has 9 rings (SSSR count). The van der Waals surface area contributed by atoms with E-state index in [4.69, 9.17) is 24.2 Å². The maximum Gasteiger partial charge on any atom is 0.408 e. The van der Waals surface area contributed by atoms with E-state index in [2.05, 4.69) is 15.4 Å². The molecule has 1 saturated heterocycles. The highest BCUT2D eigenvalue weighted by Gasteiger charge is 2.62. The van der Waals surface area contributed by atoms with Crippen molar-refractivity contribution in [2.75, 3.05) is 6.54 Å². The van der Waals surface area contributed by atoms with Crippen LogP contribution in [0, 0.1) is 5.92 Å². The predicted octanol–water partition coefficient (Wildman–Crippen LogP) is 4.50. The largest absolute Gasteiger partial charge is 0.478 e. The van der Waals surface area contributed by atoms with Crippen LogP contribution in [0.5, 0.6) is 11.6 Å². The van der Waals surface area contributed by atoms with Crippen molar-refractivity contribution in [3.05, 3.63) is 72.5 Å². The van der Waals surface area contributed by atoms with E-state index in [1.165, 1.54) is 4.90 Å². The number of carbonyl (C=O) groups excluding carboxylic acids is 4. The van der Waals surface area contributed by atoms with Gasteiger partial charge in [-0.1, -0.05) is 73.6 Å². The molecule has 7 aliphatic rings. The van der Waals surface area contributed by atoms with Crippen LogP contribution < -0.4 is 24.8 Å². The van der Waals surface area contributed by atoms with Crippen molar-refractivity contribution in [3.8, 4) is 23.0 Å². The summed E-state index contributed by atoms with van der Waals surface area (Å²) in [6.45, 7) is -0.0442. The molecule has 4 fully saturated rings. The molecule has 4 aliphatic carbocycles. The fraction of sp³-hybridized carbons (Fsp3) is 0.535. The average molecular weight is 827 g/mol. The van der Waals surface area contributed by atoms with Gasteiger partial charge in [0, 0.05) is 17.9 Å². The summed E-state index contributed by atoms with van der Waals surface area (Å²) in [5.41, 5.74) is -0.0885. The molecule has 312 valence electrons. The minimum absolute atomic E-state index is 0.0154. The van der Waals surface area contributed by atoms with E-state index in [1.807, 2.05) is 66.8 Å². The molecule has 0 spiro atoms. The van der Waals surface area contributed by atoms with Gasteiger partial charge in [-0.3, -0.25) is 19.1 Å². The summed E-state index contributed by atoms with van der Waals surface area (Å²) < 4.78 is 46.8. The van der Waals surface area contributed by atoms with Gasteiger partial charge in [-0.05, 0) is 70.3 Å². The second-order valence-corrected chi connectivity index (χ2v) is 18.8. The lowest BCUT2D eigenvalue weighted by Gasteiger charge is -2.30. The number of allylic oxidation sites excluding steroid dienone is 3. The summed E-state index contributed by atoms with van der Waals surface area (Å²) in [6.07, 6.45) is 17.5. The highest BCUT2D eigenvalue weighted by Crippen LogP contribution is 2.48. The van der Waals surface area contributed by atoms with Gasteiger partial charge in [0.05, 0.1) is 17.7 Å². The van der Waals surface area contributed by atoms with E-state index in [9.17, 15) is 27.6 Å². The lowest BCUT2D eigenvalue weighted by molar-refractivity contribution is -0.141. The molecule has 3 aliphatic heterocycles. The van der Waals surface area contributed by atoms with Crippen LogP contribution in [0.3, 0.4) is 0 Å². The van der Waals surface area contributed by atoms with Crippen LogP contribution in [-0.4, -0.2) is 94.8 Å². The van der Waals surface area contributed by atoms with Crippen LogP contribution in [0.1, 0.15) is 95.1 Å². The van der Waals surface area contributed by atoms with E-state index in [-0.39, 0.29) is 43.4 Å². The quantitative estimate of drug-likeness (QED) is 0.317. The van der Waals surface area contributed by atoms with E-state index < -0.39 is 68.7 Å². The first-order valence-corrected chi connectivity index (χ1v) is 22.6. The molecule has 15 nitrogen and oxygen atoms in total. The zero-order valence-corrected chi connectivity index (χ0v) is 33.6. The van der Waals surface area contributed by atoms with Crippen molar-refractivity contribution >= 4 is 33.8 Å². The number of alkyl carbamates (subject to hydrolysis) is 1. The number of hydrogen-bond acceptors (Lipinski definition) is 11. The van der Waals surface area contributed by atoms with Gasteiger partial charge in [-0.25, -0.2) is 18.2 Å². The number of nitrogens with one attached hydrogen (secondary N) is 3. The Kier molecular flexibility index (Phi) is 10.7. The third kappa shape index (κ3) is 8.20. The Morgan fingerprint density at radius 3 is 2.49 bits per heavy atom. The van der Waals surface area contributed by atoms with Crippen LogP contribution in [0.25, 0.3) is 11.4 Å². The molecule has 0 bridgehead atoms. The molecule has 1 aromatic carbocycles. The topological polar surface area (TPSA) is 195 Å². The first-order valence-electron chi connectivity index (χ1n) is 21.1. The number of hydrogen-bond donors (Lipinski definition) is 3. The van der Waals surface area contributed by atoms with Crippen molar-refractivity contribution in [1.82, 2.24) is 30.2 Å². The molecule has 59 heavy (non-hydrogen) atoms. The van der Waals surface area contributed by atoms with Crippen LogP contribution in [0.15, 0.2) is 66.8 Å². The van der Waals surface area contributed by atoms with Crippen LogP contribution in [-0.2, 0) is 29.1 Å². The number of rotatable bonds is 8. The molecule has 2 unspecified atom stereocenters. The van der Waals surface area contributed by atoms with Crippen molar-refractivity contribution < 1.29 is 41.8 Å². The monoisotopic (exact) mass is 826 g/mol. The standard InChI is InChI=1S/C43H50N6O9S/c50-38-33-23-29(56-39-36-35(31-18-11-12-20-34(31)58-36)45-37(46-39)26-13-5-4-6-14-26)25-49(33)40(51)32(44-42(53)57-28-16-9-10-17-28)19-8-3-1-2-7-15-27-24-43(27,47-38)41(52)48-59(54,55)30-21-22-30/h4-7,11-15,18,20,27-34H,1-3,8-10,16-17,19,21-25H2,(H,44,53)(H,47,50)(H,48,52)/b15-7-/t27-,29-,31?,32+,33+,34?,43-/m1/s1. The van der Waals surface area contributed by atoms with Crippen molar-refractivity contribution in [1.29, 1.82) is 0 Å². The lowest BCUT2D eigenvalue weighted by Crippen LogP contribution is -2.58. The second-order valence-electron chi connectivity index (χ2n) is 16.8. The lowest BCUT2D eigenvalue weighted by atomic mass is 9.96. The summed E-state index contributed by atoms with van der Waals surface area (Å²) in [4.78, 5) is 67.6. The Bertz CT molecular complexity index is 2190. The maximum absolute atomic E-state index is 14.7. The van der Waals surface area contributed by atoms with Gasteiger partial charge >= 0.3 is 6.09 Å². The normalized spacial score (nSPS) is 30.9. The zero-order valence-electron chi connectivity index (χ0n) is 32.8. The van der Waals surface area contributed by atoms with Gasteiger partial charge in [0.1, 0.15) is 41.6 Å². The van der Waals surface area contributed by atoms with E-state index in [0.717, 1.165) is 44.1 Å². The van der Waals surface area contributed by atoms with Gasteiger partial charge < -0.3 is 29.7 Å². The van der Waals surface area contributed by atoms with Gasteiger partial charge in [0.15, 0.2) is 5.82 Å². The van der Waals surface area contributed by atoms with Crippen molar-refractivity contribution in [2.24, 2.45) is 5.92 Å². The molecule has 0 radical (unpaired) electrons. The molecule has 2 aromatic rings. The molecule has 16 heteroatoms. The van der Waals surface area contributed by atoms with Crippen molar-refractivity contribution in [3.63, 3.8) is 0 Å². The van der Waals surface area contributed by atoms with Gasteiger partial charge in [-0.15, -0.1) is 0 Å². The number of sulfonamides is 1. The molecule has 7 atom stereocenters. The van der Waals surface area contributed by atoms with E-state index in [0.29, 0.717) is 49.4 Å². The summed E-state index contributed by atoms with van der Waals surface area (Å²) in [6, 6.07) is 7.36. The molecular weight excluding hydrogens is 777 g/mol. The van der Waals surface area contributed by atoms with E-state index >= 15 is 0 Å². The van der Waals surface area contributed by atoms with Crippen molar-refractivity contribution in [2.45, 2.75) is 131 Å². The van der Waals surface area contributed by atoms with Crippen LogP contribution >= 0.6 is 0 Å². The summed E-state index contributed by atoms with van der Waals surface area (Å²) in [7, 11) is -3.91. The Balaban J connectivity index is 1.03. The third-order valence-corrected chi connectivity index (χ3v) is 14.4. The van der Waals surface area contributed by atoms with E-state index in [1.54, 1.807) is 0 Å². The second kappa shape index (κ2) is 16.1. The molecular formula is C43H50N6O9S. The Morgan fingerprint density at radius 1 is 0.915 bits per heavy atom. The molecule has 4 amide bonds. The molecule has 1 aromatic heterocycles. The summed E-state index contributed by atoms with van der Waals surface area (Å²) >= 11 is 0. The van der Waals surface area contributed by atoms with Gasteiger partial charge in [0.25, 0.3) is 11.8 Å². The number of amides is 4.